The van der Waals surface area contributed by atoms with Crippen LogP contribution in [0.4, 0.5) is 11.4 Å². The number of anilines is 1. The van der Waals surface area contributed by atoms with Crippen molar-refractivity contribution in [1.82, 2.24) is 0 Å². The van der Waals surface area contributed by atoms with Crippen molar-refractivity contribution in [1.29, 1.82) is 0 Å². The van der Waals surface area contributed by atoms with Gasteiger partial charge in [-0.05, 0) is 30.9 Å². The summed E-state index contributed by atoms with van der Waals surface area (Å²) < 4.78 is 0. The van der Waals surface area contributed by atoms with E-state index in [0.717, 1.165) is 12.8 Å². The van der Waals surface area contributed by atoms with E-state index in [0.29, 0.717) is 18.2 Å². The number of rotatable bonds is 5. The van der Waals surface area contributed by atoms with Gasteiger partial charge in [0.2, 0.25) is 0 Å². The topological polar surface area (TPSA) is 92.5 Å². The first kappa shape index (κ1) is 14.3. The molecular formula is C14H18N2O4. The lowest BCUT2D eigenvalue weighted by Gasteiger charge is -2.22. The molecule has 6 heteroatoms. The van der Waals surface area contributed by atoms with Crippen molar-refractivity contribution in [3.63, 3.8) is 0 Å². The first-order valence-electron chi connectivity index (χ1n) is 6.84. The highest BCUT2D eigenvalue weighted by Crippen LogP contribution is 2.30. The maximum atomic E-state index is 11.1. The zero-order chi connectivity index (χ0) is 14.5. The second-order valence-electron chi connectivity index (χ2n) is 5.15. The Kier molecular flexibility index (Phi) is 4.55. The Morgan fingerprint density at radius 1 is 1.35 bits per heavy atom. The van der Waals surface area contributed by atoms with Crippen molar-refractivity contribution in [2.24, 2.45) is 5.92 Å². The largest absolute Gasteiger partial charge is 0.477 e. The van der Waals surface area contributed by atoms with Crippen LogP contribution in [0.2, 0.25) is 0 Å². The number of hydrogen-bond donors (Lipinski definition) is 2. The average Bonchev–Trinajstić information content (AvgIpc) is 2.45. The fourth-order valence-electron chi connectivity index (χ4n) is 2.70. The molecule has 1 saturated carbocycles. The molecule has 1 aliphatic carbocycles. The Balaban J connectivity index is 2.16. The summed E-state index contributed by atoms with van der Waals surface area (Å²) in [5.74, 6) is -0.769. The summed E-state index contributed by atoms with van der Waals surface area (Å²) in [5.41, 5.74) is -0.333. The summed E-state index contributed by atoms with van der Waals surface area (Å²) in [6.45, 7) is 0.657. The van der Waals surface area contributed by atoms with Crippen LogP contribution in [0, 0.1) is 16.0 Å². The second-order valence-corrected chi connectivity index (χ2v) is 5.15. The monoisotopic (exact) mass is 278 g/mol. The van der Waals surface area contributed by atoms with E-state index in [4.69, 9.17) is 5.11 Å². The molecule has 0 aliphatic heterocycles. The van der Waals surface area contributed by atoms with Gasteiger partial charge in [0.1, 0.15) is 11.3 Å². The number of nitrogens with zero attached hydrogens (tertiary/aromatic N) is 1. The van der Waals surface area contributed by atoms with Crippen LogP contribution >= 0.6 is 0 Å². The molecule has 1 aromatic rings. The molecule has 108 valence electrons. The third kappa shape index (κ3) is 3.26. The summed E-state index contributed by atoms with van der Waals surface area (Å²) in [6.07, 6.45) is 5.90. The molecule has 0 atom stereocenters. The van der Waals surface area contributed by atoms with Crippen LogP contribution in [0.5, 0.6) is 0 Å². The Morgan fingerprint density at radius 2 is 2.05 bits per heavy atom. The van der Waals surface area contributed by atoms with E-state index < -0.39 is 10.9 Å². The second kappa shape index (κ2) is 6.36. The van der Waals surface area contributed by atoms with E-state index in [1.165, 1.54) is 31.4 Å². The molecule has 6 nitrogen and oxygen atoms in total. The van der Waals surface area contributed by atoms with Gasteiger partial charge in [-0.3, -0.25) is 10.1 Å². The van der Waals surface area contributed by atoms with Gasteiger partial charge in [-0.1, -0.05) is 25.3 Å². The minimum Gasteiger partial charge on any atom is -0.477 e. The third-order valence-electron chi connectivity index (χ3n) is 3.75. The lowest BCUT2D eigenvalue weighted by molar-refractivity contribution is -0.384. The number of carboxylic acids is 1. The highest BCUT2D eigenvalue weighted by atomic mass is 16.6. The van der Waals surface area contributed by atoms with E-state index >= 15 is 0 Å². The number of nitro groups is 1. The lowest BCUT2D eigenvalue weighted by atomic mass is 9.89. The van der Waals surface area contributed by atoms with Crippen LogP contribution in [-0.4, -0.2) is 22.5 Å². The Morgan fingerprint density at radius 3 is 2.65 bits per heavy atom. The number of para-hydroxylation sites is 1. The molecule has 2 rings (SSSR count). The van der Waals surface area contributed by atoms with Crippen LogP contribution in [0.15, 0.2) is 18.2 Å². The van der Waals surface area contributed by atoms with Crippen molar-refractivity contribution in [3.05, 3.63) is 33.9 Å². The summed E-state index contributed by atoms with van der Waals surface area (Å²) in [6, 6.07) is 4.35. The van der Waals surface area contributed by atoms with E-state index in [2.05, 4.69) is 5.32 Å². The van der Waals surface area contributed by atoms with Gasteiger partial charge in [0.05, 0.1) is 4.92 Å². The molecule has 1 aromatic carbocycles. The van der Waals surface area contributed by atoms with Crippen LogP contribution < -0.4 is 5.32 Å². The van der Waals surface area contributed by atoms with Crippen molar-refractivity contribution >= 4 is 17.3 Å². The molecule has 0 bridgehead atoms. The molecule has 0 unspecified atom stereocenters. The average molecular weight is 278 g/mol. The maximum Gasteiger partial charge on any atom is 0.342 e. The van der Waals surface area contributed by atoms with Gasteiger partial charge >= 0.3 is 11.7 Å². The van der Waals surface area contributed by atoms with Crippen LogP contribution in [0.3, 0.4) is 0 Å². The number of benzene rings is 1. The first-order valence-corrected chi connectivity index (χ1v) is 6.84. The molecule has 0 aromatic heterocycles. The summed E-state index contributed by atoms with van der Waals surface area (Å²) in [7, 11) is 0. The van der Waals surface area contributed by atoms with Crippen molar-refractivity contribution in [2.45, 2.75) is 32.1 Å². The van der Waals surface area contributed by atoms with E-state index in [1.807, 2.05) is 0 Å². The van der Waals surface area contributed by atoms with E-state index in [9.17, 15) is 14.9 Å². The third-order valence-corrected chi connectivity index (χ3v) is 3.75. The zero-order valence-corrected chi connectivity index (χ0v) is 11.2. The van der Waals surface area contributed by atoms with E-state index in [1.54, 1.807) is 6.07 Å². The highest BCUT2D eigenvalue weighted by molar-refractivity contribution is 5.95. The Bertz CT molecular complexity index is 510. The predicted octanol–water partition coefficient (Wildman–Crippen LogP) is 3.29. The van der Waals surface area contributed by atoms with Crippen molar-refractivity contribution in [2.75, 3.05) is 11.9 Å². The smallest absolute Gasteiger partial charge is 0.342 e. The molecule has 0 amide bonds. The summed E-state index contributed by atoms with van der Waals surface area (Å²) in [5, 5.41) is 23.2. The maximum absolute atomic E-state index is 11.1. The molecular weight excluding hydrogens is 260 g/mol. The molecule has 1 fully saturated rings. The Hall–Kier alpha value is -2.11. The fourth-order valence-corrected chi connectivity index (χ4v) is 2.70. The van der Waals surface area contributed by atoms with Crippen molar-refractivity contribution < 1.29 is 14.8 Å². The SMILES string of the molecule is O=C(O)c1cccc(NCC2CCCCC2)c1[N+](=O)[O-]. The highest BCUT2D eigenvalue weighted by Gasteiger charge is 2.24. The standard InChI is InChI=1S/C14H18N2O4/c17-14(18)11-7-4-8-12(13(11)16(19)20)15-9-10-5-2-1-3-6-10/h4,7-8,10,15H,1-3,5-6,9H2,(H,17,18). The number of nitrogens with one attached hydrogen (secondary N) is 1. The quantitative estimate of drug-likeness (QED) is 0.637. The van der Waals surface area contributed by atoms with Gasteiger partial charge in [-0.25, -0.2) is 4.79 Å². The van der Waals surface area contributed by atoms with Gasteiger partial charge in [0.15, 0.2) is 0 Å². The van der Waals surface area contributed by atoms with Crippen LogP contribution in [0.25, 0.3) is 0 Å². The normalized spacial score (nSPS) is 15.8. The van der Waals surface area contributed by atoms with Crippen molar-refractivity contribution in [3.8, 4) is 0 Å². The zero-order valence-electron chi connectivity index (χ0n) is 11.2. The van der Waals surface area contributed by atoms with Gasteiger partial charge in [0.25, 0.3) is 0 Å². The summed E-state index contributed by atoms with van der Waals surface area (Å²) >= 11 is 0. The molecule has 20 heavy (non-hydrogen) atoms. The summed E-state index contributed by atoms with van der Waals surface area (Å²) in [4.78, 5) is 21.5. The van der Waals surface area contributed by atoms with Gasteiger partial charge in [0, 0.05) is 6.54 Å². The number of nitro benzene ring substituents is 1. The number of carboxylic acid groups (broad SMARTS) is 1. The van der Waals surface area contributed by atoms with Gasteiger partial charge in [-0.15, -0.1) is 0 Å². The van der Waals surface area contributed by atoms with Gasteiger partial charge in [-0.2, -0.15) is 0 Å². The molecule has 0 heterocycles. The predicted molar refractivity (Wildman–Crippen MR) is 75.1 cm³/mol. The molecule has 0 radical (unpaired) electrons. The Labute approximate surface area is 117 Å². The fraction of sp³-hybridized carbons (Fsp3) is 0.500. The molecule has 2 N–H and O–H groups in total. The number of carbonyl (C=O) groups is 1. The number of hydrogen-bond acceptors (Lipinski definition) is 4. The molecule has 1 aliphatic rings. The molecule has 0 spiro atoms. The lowest BCUT2D eigenvalue weighted by Crippen LogP contribution is -2.18. The minimum absolute atomic E-state index is 0.274. The van der Waals surface area contributed by atoms with Crippen LogP contribution in [-0.2, 0) is 0 Å². The minimum atomic E-state index is -1.28. The van der Waals surface area contributed by atoms with Crippen LogP contribution in [0.1, 0.15) is 42.5 Å². The van der Waals surface area contributed by atoms with Gasteiger partial charge < -0.3 is 10.4 Å². The van der Waals surface area contributed by atoms with E-state index in [-0.39, 0.29) is 11.3 Å². The first-order chi connectivity index (χ1) is 9.59. The molecule has 0 saturated heterocycles. The number of aromatic carboxylic acids is 1.